The van der Waals surface area contributed by atoms with Gasteiger partial charge in [0.15, 0.2) is 0 Å². The number of anilines is 2. The monoisotopic (exact) mass is 322 g/mol. The maximum atomic E-state index is 12.4. The quantitative estimate of drug-likeness (QED) is 0.899. The molecule has 2 N–H and O–H groups in total. The molecule has 24 heavy (non-hydrogen) atoms. The first-order chi connectivity index (χ1) is 11.5. The number of rotatable bonds is 4. The van der Waals surface area contributed by atoms with Crippen molar-refractivity contribution in [3.05, 3.63) is 59.2 Å². The van der Waals surface area contributed by atoms with Gasteiger partial charge in [-0.15, -0.1) is 0 Å². The lowest BCUT2D eigenvalue weighted by atomic mass is 10.1. The van der Waals surface area contributed by atoms with Gasteiger partial charge in [0.2, 0.25) is 11.8 Å². The topological polar surface area (TPSA) is 58.2 Å². The number of aryl methyl sites for hydroxylation is 3. The summed E-state index contributed by atoms with van der Waals surface area (Å²) in [5, 5.41) is 5.88. The minimum absolute atomic E-state index is 0.0753. The van der Waals surface area contributed by atoms with E-state index in [1.54, 1.807) is 0 Å². The van der Waals surface area contributed by atoms with Crippen LogP contribution >= 0.6 is 0 Å². The van der Waals surface area contributed by atoms with Gasteiger partial charge in [-0.25, -0.2) is 0 Å². The summed E-state index contributed by atoms with van der Waals surface area (Å²) in [5.74, 6) is -0.636. The van der Waals surface area contributed by atoms with E-state index in [1.165, 1.54) is 0 Å². The number of carbonyl (C=O) groups excluding carboxylic acids is 2. The molecule has 0 radical (unpaired) electrons. The largest absolute Gasteiger partial charge is 0.326 e. The zero-order chi connectivity index (χ0) is 17.3. The summed E-state index contributed by atoms with van der Waals surface area (Å²) in [7, 11) is 0. The average Bonchev–Trinajstić information content (AvgIpc) is 3.34. The average molecular weight is 322 g/mol. The highest BCUT2D eigenvalue weighted by atomic mass is 16.2. The second kappa shape index (κ2) is 6.48. The van der Waals surface area contributed by atoms with Gasteiger partial charge in [0.05, 0.1) is 11.8 Å². The minimum Gasteiger partial charge on any atom is -0.326 e. The molecule has 0 bridgehead atoms. The van der Waals surface area contributed by atoms with Crippen molar-refractivity contribution in [1.82, 2.24) is 0 Å². The summed E-state index contributed by atoms with van der Waals surface area (Å²) >= 11 is 0. The number of hydrogen-bond acceptors (Lipinski definition) is 2. The van der Waals surface area contributed by atoms with Crippen LogP contribution in [0, 0.1) is 32.6 Å². The molecule has 0 aromatic heterocycles. The van der Waals surface area contributed by atoms with E-state index in [9.17, 15) is 9.59 Å². The fourth-order valence-electron chi connectivity index (χ4n) is 2.81. The van der Waals surface area contributed by atoms with Gasteiger partial charge in [0.1, 0.15) is 0 Å². The van der Waals surface area contributed by atoms with E-state index in [1.807, 2.05) is 63.2 Å². The molecule has 2 unspecified atom stereocenters. The van der Waals surface area contributed by atoms with E-state index < -0.39 is 0 Å². The molecule has 0 saturated heterocycles. The van der Waals surface area contributed by atoms with Crippen LogP contribution in [-0.2, 0) is 9.59 Å². The molecule has 0 aliphatic heterocycles. The maximum absolute atomic E-state index is 12.4. The number of carbonyl (C=O) groups is 2. The lowest BCUT2D eigenvalue weighted by Gasteiger charge is -2.10. The SMILES string of the molecule is Cc1ccc(C)c(NC(=O)C2CC2C(=O)Nc2ccccc2C)c1. The fraction of sp³-hybridized carbons (Fsp3) is 0.300. The van der Waals surface area contributed by atoms with Crippen LogP contribution < -0.4 is 10.6 Å². The molecule has 0 heterocycles. The number of amides is 2. The molecule has 2 atom stereocenters. The third-order valence-electron chi connectivity index (χ3n) is 4.52. The third-order valence-corrected chi connectivity index (χ3v) is 4.52. The Morgan fingerprint density at radius 1 is 0.833 bits per heavy atom. The number of hydrogen-bond donors (Lipinski definition) is 2. The van der Waals surface area contributed by atoms with Crippen LogP contribution in [0.25, 0.3) is 0 Å². The Morgan fingerprint density at radius 3 is 2.08 bits per heavy atom. The van der Waals surface area contributed by atoms with Gasteiger partial charge in [-0.3, -0.25) is 9.59 Å². The molecule has 2 amide bonds. The zero-order valence-corrected chi connectivity index (χ0v) is 14.2. The molecule has 1 fully saturated rings. The second-order valence-corrected chi connectivity index (χ2v) is 6.56. The van der Waals surface area contributed by atoms with Gasteiger partial charge < -0.3 is 10.6 Å². The summed E-state index contributed by atoms with van der Waals surface area (Å²) < 4.78 is 0. The van der Waals surface area contributed by atoms with E-state index in [0.29, 0.717) is 6.42 Å². The molecule has 1 aliphatic carbocycles. The summed E-state index contributed by atoms with van der Waals surface area (Å²) in [6.07, 6.45) is 0.606. The predicted octanol–water partition coefficient (Wildman–Crippen LogP) is 3.83. The minimum atomic E-state index is -0.242. The molecule has 0 spiro atoms. The maximum Gasteiger partial charge on any atom is 0.228 e. The first-order valence-electron chi connectivity index (χ1n) is 8.20. The van der Waals surface area contributed by atoms with Crippen molar-refractivity contribution in [3.8, 4) is 0 Å². The summed E-state index contributed by atoms with van der Waals surface area (Å²) in [6.45, 7) is 5.90. The van der Waals surface area contributed by atoms with Crippen LogP contribution in [-0.4, -0.2) is 11.8 Å². The Balaban J connectivity index is 1.60. The summed E-state index contributed by atoms with van der Waals surface area (Å²) in [4.78, 5) is 24.7. The van der Waals surface area contributed by atoms with E-state index in [2.05, 4.69) is 10.6 Å². The highest BCUT2D eigenvalue weighted by Gasteiger charge is 2.48. The van der Waals surface area contributed by atoms with Crippen LogP contribution in [0.5, 0.6) is 0 Å². The first-order valence-corrected chi connectivity index (χ1v) is 8.20. The Morgan fingerprint density at radius 2 is 1.42 bits per heavy atom. The van der Waals surface area contributed by atoms with Crippen molar-refractivity contribution in [3.63, 3.8) is 0 Å². The van der Waals surface area contributed by atoms with Crippen LogP contribution in [0.3, 0.4) is 0 Å². The number of nitrogens with one attached hydrogen (secondary N) is 2. The van der Waals surface area contributed by atoms with Gasteiger partial charge in [-0.2, -0.15) is 0 Å². The molecular formula is C20H22N2O2. The van der Waals surface area contributed by atoms with Crippen molar-refractivity contribution in [2.75, 3.05) is 10.6 Å². The molecular weight excluding hydrogens is 300 g/mol. The Labute approximate surface area is 142 Å². The molecule has 4 heteroatoms. The van der Waals surface area contributed by atoms with E-state index in [4.69, 9.17) is 0 Å². The standard InChI is InChI=1S/C20H22N2O2/c1-12-8-9-14(3)18(10-12)22-20(24)16-11-15(16)19(23)21-17-7-5-4-6-13(17)2/h4-10,15-16H,11H2,1-3H3,(H,21,23)(H,22,24). The van der Waals surface area contributed by atoms with Crippen molar-refractivity contribution >= 4 is 23.2 Å². The Hall–Kier alpha value is -2.62. The normalized spacial score (nSPS) is 18.8. The predicted molar refractivity (Wildman–Crippen MR) is 96.0 cm³/mol. The molecule has 1 aliphatic rings. The van der Waals surface area contributed by atoms with E-state index in [-0.39, 0.29) is 23.7 Å². The Bertz CT molecular complexity index is 798. The van der Waals surface area contributed by atoms with Crippen LogP contribution in [0.2, 0.25) is 0 Å². The number of para-hydroxylation sites is 1. The van der Waals surface area contributed by atoms with E-state index in [0.717, 1.165) is 28.1 Å². The van der Waals surface area contributed by atoms with Crippen molar-refractivity contribution in [2.45, 2.75) is 27.2 Å². The van der Waals surface area contributed by atoms with Gasteiger partial charge >= 0.3 is 0 Å². The molecule has 3 rings (SSSR count). The van der Waals surface area contributed by atoms with Crippen LogP contribution in [0.1, 0.15) is 23.1 Å². The molecule has 2 aromatic rings. The highest BCUT2D eigenvalue weighted by Crippen LogP contribution is 2.40. The fourth-order valence-corrected chi connectivity index (χ4v) is 2.81. The number of benzene rings is 2. The Kier molecular flexibility index (Phi) is 4.38. The van der Waals surface area contributed by atoms with E-state index >= 15 is 0 Å². The third kappa shape index (κ3) is 3.48. The summed E-state index contributed by atoms with van der Waals surface area (Å²) in [5.41, 5.74) is 4.77. The highest BCUT2D eigenvalue weighted by molar-refractivity contribution is 6.03. The van der Waals surface area contributed by atoms with Gasteiger partial charge in [0, 0.05) is 11.4 Å². The molecule has 1 saturated carbocycles. The first kappa shape index (κ1) is 16.2. The smallest absolute Gasteiger partial charge is 0.228 e. The van der Waals surface area contributed by atoms with Gasteiger partial charge in [0.25, 0.3) is 0 Å². The van der Waals surface area contributed by atoms with Gasteiger partial charge in [-0.05, 0) is 56.0 Å². The van der Waals surface area contributed by atoms with Crippen molar-refractivity contribution in [2.24, 2.45) is 11.8 Å². The second-order valence-electron chi connectivity index (χ2n) is 6.56. The molecule has 2 aromatic carbocycles. The molecule has 4 nitrogen and oxygen atoms in total. The lowest BCUT2D eigenvalue weighted by Crippen LogP contribution is -2.21. The van der Waals surface area contributed by atoms with Crippen molar-refractivity contribution in [1.29, 1.82) is 0 Å². The van der Waals surface area contributed by atoms with Crippen LogP contribution in [0.15, 0.2) is 42.5 Å². The summed E-state index contributed by atoms with van der Waals surface area (Å²) in [6, 6.07) is 13.6. The molecule has 124 valence electrons. The van der Waals surface area contributed by atoms with Gasteiger partial charge in [-0.1, -0.05) is 30.3 Å². The van der Waals surface area contributed by atoms with Crippen molar-refractivity contribution < 1.29 is 9.59 Å². The lowest BCUT2D eigenvalue weighted by molar-refractivity contribution is -0.122. The zero-order valence-electron chi connectivity index (χ0n) is 14.2. The van der Waals surface area contributed by atoms with Crippen LogP contribution in [0.4, 0.5) is 11.4 Å².